The number of carbonyl (C=O) groups is 2. The highest BCUT2D eigenvalue weighted by molar-refractivity contribution is 9.10. The molecular weight excluding hydrogens is 476 g/mol. The molecule has 1 amide bonds. The first-order valence-electron chi connectivity index (χ1n) is 9.99. The monoisotopic (exact) mass is 500 g/mol. The molecule has 2 aromatic heterocycles. The van der Waals surface area contributed by atoms with Gasteiger partial charge in [-0.3, -0.25) is 19.0 Å². The zero-order valence-corrected chi connectivity index (χ0v) is 19.9. The van der Waals surface area contributed by atoms with Crippen molar-refractivity contribution in [1.29, 1.82) is 0 Å². The topological polar surface area (TPSA) is 116 Å². The van der Waals surface area contributed by atoms with Crippen molar-refractivity contribution in [3.05, 3.63) is 68.0 Å². The molecule has 3 rings (SSSR count). The Bertz CT molecular complexity index is 1240. The van der Waals surface area contributed by atoms with E-state index in [1.165, 1.54) is 12.3 Å². The second-order valence-electron chi connectivity index (χ2n) is 8.46. The number of nitrogen functional groups attached to an aromatic ring is 1. The Labute approximate surface area is 193 Å². The third-order valence-electron chi connectivity index (χ3n) is 4.63. The van der Waals surface area contributed by atoms with Crippen LogP contribution in [0.3, 0.4) is 0 Å². The van der Waals surface area contributed by atoms with Crippen LogP contribution in [0.15, 0.2) is 45.8 Å². The van der Waals surface area contributed by atoms with Crippen molar-refractivity contribution in [1.82, 2.24) is 14.9 Å². The number of aromatic nitrogens is 2. The van der Waals surface area contributed by atoms with E-state index in [0.29, 0.717) is 15.5 Å². The van der Waals surface area contributed by atoms with Crippen molar-refractivity contribution in [2.24, 2.45) is 0 Å². The maximum Gasteiger partial charge on any atom is 0.326 e. The Morgan fingerprint density at radius 3 is 2.50 bits per heavy atom. The van der Waals surface area contributed by atoms with E-state index in [4.69, 9.17) is 10.5 Å². The molecule has 0 spiro atoms. The smallest absolute Gasteiger partial charge is 0.326 e. The normalized spacial score (nSPS) is 11.4. The number of hydrogen-bond acceptors (Lipinski definition) is 6. The first-order valence-corrected chi connectivity index (χ1v) is 10.8. The third-order valence-corrected chi connectivity index (χ3v) is 5.27. The number of ether oxygens (including phenoxy) is 1. The summed E-state index contributed by atoms with van der Waals surface area (Å²) in [5, 5.41) is 3.13. The molecule has 3 N–H and O–H groups in total. The van der Waals surface area contributed by atoms with Gasteiger partial charge in [0.1, 0.15) is 23.4 Å². The lowest BCUT2D eigenvalue weighted by molar-refractivity contribution is -0.155. The lowest BCUT2D eigenvalue weighted by atomic mass is 10.1. The Morgan fingerprint density at radius 1 is 1.22 bits per heavy atom. The van der Waals surface area contributed by atoms with Crippen LogP contribution in [0.2, 0.25) is 0 Å². The summed E-state index contributed by atoms with van der Waals surface area (Å²) in [7, 11) is 0. The summed E-state index contributed by atoms with van der Waals surface area (Å²) in [4.78, 5) is 42.8. The molecule has 3 aromatic rings. The van der Waals surface area contributed by atoms with Gasteiger partial charge in [-0.1, -0.05) is 29.8 Å². The molecule has 32 heavy (non-hydrogen) atoms. The lowest BCUT2D eigenvalue weighted by Gasteiger charge is -2.20. The predicted molar refractivity (Wildman–Crippen MR) is 126 cm³/mol. The largest absolute Gasteiger partial charge is 0.459 e. The van der Waals surface area contributed by atoms with Gasteiger partial charge >= 0.3 is 5.97 Å². The maximum atomic E-state index is 13.2. The van der Waals surface area contributed by atoms with Crippen LogP contribution >= 0.6 is 15.9 Å². The first-order chi connectivity index (χ1) is 15.0. The number of benzene rings is 1. The summed E-state index contributed by atoms with van der Waals surface area (Å²) < 4.78 is 6.98. The van der Waals surface area contributed by atoms with Gasteiger partial charge in [-0.05, 0) is 55.3 Å². The molecule has 2 heterocycles. The van der Waals surface area contributed by atoms with Gasteiger partial charge in [-0.15, -0.1) is 0 Å². The van der Waals surface area contributed by atoms with Gasteiger partial charge in [0.25, 0.3) is 11.5 Å². The van der Waals surface area contributed by atoms with Gasteiger partial charge in [0.15, 0.2) is 0 Å². The average Bonchev–Trinajstić information content (AvgIpc) is 2.70. The number of carbonyl (C=O) groups excluding carboxylic acids is 2. The Kier molecular flexibility index (Phi) is 6.68. The molecule has 0 aliphatic heterocycles. The van der Waals surface area contributed by atoms with E-state index in [1.807, 2.05) is 31.2 Å². The van der Waals surface area contributed by atoms with E-state index < -0.39 is 29.6 Å². The average molecular weight is 501 g/mol. The molecular formula is C23H25BrN4O4. The van der Waals surface area contributed by atoms with Gasteiger partial charge < -0.3 is 15.8 Å². The number of esters is 1. The van der Waals surface area contributed by atoms with E-state index in [2.05, 4.69) is 26.2 Å². The SMILES string of the molecule is Cc1ccc(CNC(=O)c2cc3c(N)c(Br)cnc3n(CC(=O)OC(C)(C)C)c2=O)cc1. The van der Waals surface area contributed by atoms with E-state index in [1.54, 1.807) is 20.8 Å². The molecule has 168 valence electrons. The van der Waals surface area contributed by atoms with Crippen molar-refractivity contribution in [3.8, 4) is 0 Å². The summed E-state index contributed by atoms with van der Waals surface area (Å²) in [6, 6.07) is 9.08. The van der Waals surface area contributed by atoms with Crippen molar-refractivity contribution >= 4 is 44.5 Å². The van der Waals surface area contributed by atoms with Crippen LogP contribution in [0.5, 0.6) is 0 Å². The molecule has 0 bridgehead atoms. The van der Waals surface area contributed by atoms with Crippen LogP contribution in [0, 0.1) is 6.92 Å². The molecule has 0 saturated carbocycles. The number of pyridine rings is 2. The number of amides is 1. The van der Waals surface area contributed by atoms with Gasteiger partial charge in [-0.2, -0.15) is 0 Å². The predicted octanol–water partition coefficient (Wildman–Crippen LogP) is 3.32. The zero-order valence-electron chi connectivity index (χ0n) is 18.4. The van der Waals surface area contributed by atoms with Crippen LogP contribution in [-0.4, -0.2) is 27.0 Å². The van der Waals surface area contributed by atoms with Crippen molar-refractivity contribution in [2.45, 2.75) is 46.4 Å². The standard InChI is InChI=1S/C23H25BrN4O4/c1-13-5-7-14(8-6-13)10-27-21(30)16-9-15-19(25)17(24)11-26-20(15)28(22(16)31)12-18(29)32-23(2,3)4/h5-9,11H,10,12H2,1-4H3,(H2,25,26)(H,27,30). The van der Waals surface area contributed by atoms with Crippen molar-refractivity contribution in [3.63, 3.8) is 0 Å². The maximum absolute atomic E-state index is 13.2. The first kappa shape index (κ1) is 23.5. The molecule has 0 saturated heterocycles. The molecule has 0 atom stereocenters. The minimum Gasteiger partial charge on any atom is -0.459 e. The third kappa shape index (κ3) is 5.34. The van der Waals surface area contributed by atoms with Crippen LogP contribution in [0.25, 0.3) is 11.0 Å². The van der Waals surface area contributed by atoms with E-state index in [0.717, 1.165) is 15.7 Å². The fourth-order valence-corrected chi connectivity index (χ4v) is 3.42. The number of anilines is 1. The van der Waals surface area contributed by atoms with Gasteiger partial charge in [0.05, 0.1) is 10.2 Å². The minimum atomic E-state index is -0.727. The molecule has 0 aliphatic rings. The van der Waals surface area contributed by atoms with Crippen LogP contribution in [0.1, 0.15) is 42.3 Å². The number of hydrogen-bond donors (Lipinski definition) is 2. The summed E-state index contributed by atoms with van der Waals surface area (Å²) in [5.74, 6) is -1.20. The highest BCUT2D eigenvalue weighted by Gasteiger charge is 2.22. The molecule has 0 radical (unpaired) electrons. The van der Waals surface area contributed by atoms with Gasteiger partial charge in [-0.25, -0.2) is 4.98 Å². The second-order valence-corrected chi connectivity index (χ2v) is 9.32. The Morgan fingerprint density at radius 2 is 1.88 bits per heavy atom. The van der Waals surface area contributed by atoms with Crippen LogP contribution in [0.4, 0.5) is 5.69 Å². The highest BCUT2D eigenvalue weighted by Crippen LogP contribution is 2.27. The molecule has 0 unspecified atom stereocenters. The summed E-state index contributed by atoms with van der Waals surface area (Å²) >= 11 is 3.31. The molecule has 1 aromatic carbocycles. The minimum absolute atomic E-state index is 0.139. The fourth-order valence-electron chi connectivity index (χ4n) is 3.11. The molecule has 0 fully saturated rings. The summed E-state index contributed by atoms with van der Waals surface area (Å²) in [6.07, 6.45) is 1.44. The number of halogens is 1. The lowest BCUT2D eigenvalue weighted by Crippen LogP contribution is -2.36. The molecule has 0 aliphatic carbocycles. The zero-order chi connectivity index (χ0) is 23.6. The highest BCUT2D eigenvalue weighted by atomic mass is 79.9. The Hall–Kier alpha value is -3.20. The van der Waals surface area contributed by atoms with Crippen molar-refractivity contribution < 1.29 is 14.3 Å². The number of fused-ring (bicyclic) bond motifs is 1. The molecule has 9 heteroatoms. The van der Waals surface area contributed by atoms with Gasteiger partial charge in [0.2, 0.25) is 0 Å². The van der Waals surface area contributed by atoms with Crippen LogP contribution in [-0.2, 0) is 22.6 Å². The second kappa shape index (κ2) is 9.12. The van der Waals surface area contributed by atoms with Crippen molar-refractivity contribution in [2.75, 3.05) is 5.73 Å². The fraction of sp³-hybridized carbons (Fsp3) is 0.304. The van der Waals surface area contributed by atoms with E-state index in [9.17, 15) is 14.4 Å². The Balaban J connectivity index is 2.02. The van der Waals surface area contributed by atoms with Gasteiger partial charge in [0, 0.05) is 18.1 Å². The number of aryl methyl sites for hydroxylation is 1. The van der Waals surface area contributed by atoms with E-state index >= 15 is 0 Å². The van der Waals surface area contributed by atoms with E-state index in [-0.39, 0.29) is 17.8 Å². The number of nitrogens with one attached hydrogen (secondary N) is 1. The number of nitrogens with two attached hydrogens (primary N) is 1. The quantitative estimate of drug-likeness (QED) is 0.519. The van der Waals surface area contributed by atoms with Crippen LogP contribution < -0.4 is 16.6 Å². The molecule has 8 nitrogen and oxygen atoms in total. The number of nitrogens with zero attached hydrogens (tertiary/aromatic N) is 2. The number of rotatable bonds is 5. The summed E-state index contributed by atoms with van der Waals surface area (Å²) in [6.45, 7) is 7.01. The summed E-state index contributed by atoms with van der Waals surface area (Å²) in [5.41, 5.74) is 7.14.